The molecule has 5 heteroatoms. The van der Waals surface area contributed by atoms with Crippen molar-refractivity contribution in [1.82, 2.24) is 0 Å². The van der Waals surface area contributed by atoms with Crippen LogP contribution in [-0.4, -0.2) is 21.6 Å². The van der Waals surface area contributed by atoms with E-state index >= 15 is 0 Å². The summed E-state index contributed by atoms with van der Waals surface area (Å²) in [6.45, 7) is 7.03. The van der Waals surface area contributed by atoms with Crippen molar-refractivity contribution in [3.63, 3.8) is 0 Å². The Balaban J connectivity index is 1.54. The Labute approximate surface area is 163 Å². The van der Waals surface area contributed by atoms with Crippen molar-refractivity contribution < 1.29 is 17.3 Å². The van der Waals surface area contributed by atoms with Gasteiger partial charge in [-0.05, 0) is 42.5 Å². The van der Waals surface area contributed by atoms with Crippen LogP contribution in [0.15, 0.2) is 60.0 Å². The van der Waals surface area contributed by atoms with Gasteiger partial charge < -0.3 is 4.74 Å². The lowest BCUT2D eigenvalue weighted by Crippen LogP contribution is -2.09. The van der Waals surface area contributed by atoms with Crippen molar-refractivity contribution >= 4 is 16.2 Å². The minimum atomic E-state index is -3.66. The molecule has 0 heterocycles. The second-order valence-electron chi connectivity index (χ2n) is 6.45. The number of hydrogen-bond donors (Lipinski definition) is 0. The smallest absolute Gasteiger partial charge is 0.297 e. The standard InChI is InChI=1S/C22H28O4S/c1-3-20-12-14-21(15-13-20)18-25-16-8-4-5-9-17-26-27(23,24)22-11-7-6-10-19(22)2/h3,6-7,10-15H,1,4-5,8-9,16-18H2,2H3. The second kappa shape index (κ2) is 11.0. The summed E-state index contributed by atoms with van der Waals surface area (Å²) in [5, 5.41) is 0. The van der Waals surface area contributed by atoms with E-state index in [1.807, 2.05) is 36.4 Å². The van der Waals surface area contributed by atoms with Gasteiger partial charge in [-0.2, -0.15) is 8.42 Å². The van der Waals surface area contributed by atoms with Crippen LogP contribution in [0.1, 0.15) is 42.4 Å². The molecule has 0 aromatic heterocycles. The van der Waals surface area contributed by atoms with E-state index < -0.39 is 10.1 Å². The minimum absolute atomic E-state index is 0.215. The second-order valence-corrected chi connectivity index (χ2v) is 8.04. The number of benzene rings is 2. The van der Waals surface area contributed by atoms with E-state index in [1.165, 1.54) is 0 Å². The first-order valence-electron chi connectivity index (χ1n) is 9.27. The van der Waals surface area contributed by atoms with Crippen LogP contribution in [0.5, 0.6) is 0 Å². The highest BCUT2D eigenvalue weighted by Gasteiger charge is 2.16. The molecule has 2 aromatic rings. The Morgan fingerprint density at radius 3 is 2.26 bits per heavy atom. The summed E-state index contributed by atoms with van der Waals surface area (Å²) in [6.07, 6.45) is 5.40. The third kappa shape index (κ3) is 7.29. The monoisotopic (exact) mass is 388 g/mol. The first kappa shape index (κ1) is 21.4. The SMILES string of the molecule is C=Cc1ccc(COCCCCCCOS(=O)(=O)c2ccccc2C)cc1. The van der Waals surface area contributed by atoms with Crippen LogP contribution in [-0.2, 0) is 25.6 Å². The van der Waals surface area contributed by atoms with Crippen molar-refractivity contribution in [3.05, 3.63) is 71.8 Å². The highest BCUT2D eigenvalue weighted by atomic mass is 32.2. The predicted molar refractivity (Wildman–Crippen MR) is 109 cm³/mol. The van der Waals surface area contributed by atoms with Gasteiger partial charge in [0.2, 0.25) is 0 Å². The maximum Gasteiger partial charge on any atom is 0.297 e. The summed E-state index contributed by atoms with van der Waals surface area (Å²) in [5.74, 6) is 0. The van der Waals surface area contributed by atoms with Gasteiger partial charge in [-0.3, -0.25) is 4.18 Å². The minimum Gasteiger partial charge on any atom is -0.377 e. The number of hydrogen-bond acceptors (Lipinski definition) is 4. The molecule has 0 radical (unpaired) electrons. The lowest BCUT2D eigenvalue weighted by atomic mass is 10.1. The highest BCUT2D eigenvalue weighted by Crippen LogP contribution is 2.17. The summed E-state index contributed by atoms with van der Waals surface area (Å²) in [4.78, 5) is 0.250. The van der Waals surface area contributed by atoms with E-state index in [-0.39, 0.29) is 11.5 Å². The molecular weight excluding hydrogens is 360 g/mol. The summed E-state index contributed by atoms with van der Waals surface area (Å²) >= 11 is 0. The summed E-state index contributed by atoms with van der Waals surface area (Å²) < 4.78 is 35.1. The average Bonchev–Trinajstić information content (AvgIpc) is 2.67. The van der Waals surface area contributed by atoms with Gasteiger partial charge in [0.25, 0.3) is 10.1 Å². The molecule has 0 saturated carbocycles. The maximum absolute atomic E-state index is 12.2. The van der Waals surface area contributed by atoms with E-state index in [9.17, 15) is 8.42 Å². The van der Waals surface area contributed by atoms with Crippen LogP contribution in [0, 0.1) is 6.92 Å². The predicted octanol–water partition coefficient (Wildman–Crippen LogP) is 5.12. The Kier molecular flexibility index (Phi) is 8.72. The van der Waals surface area contributed by atoms with Crippen LogP contribution in [0.25, 0.3) is 6.08 Å². The van der Waals surface area contributed by atoms with E-state index in [0.29, 0.717) is 25.2 Å². The molecule has 0 aliphatic rings. The van der Waals surface area contributed by atoms with Crippen LogP contribution in [0.4, 0.5) is 0 Å². The molecule has 2 rings (SSSR count). The molecule has 0 fully saturated rings. The molecule has 0 amide bonds. The third-order valence-corrected chi connectivity index (χ3v) is 5.74. The lowest BCUT2D eigenvalue weighted by molar-refractivity contribution is 0.116. The molecule has 0 N–H and O–H groups in total. The van der Waals surface area contributed by atoms with Crippen LogP contribution < -0.4 is 0 Å². The first-order valence-corrected chi connectivity index (χ1v) is 10.7. The Hall–Kier alpha value is -1.95. The zero-order valence-corrected chi connectivity index (χ0v) is 16.7. The van der Waals surface area contributed by atoms with E-state index in [4.69, 9.17) is 8.92 Å². The summed E-state index contributed by atoms with van der Waals surface area (Å²) in [7, 11) is -3.66. The zero-order chi connectivity index (χ0) is 19.5. The van der Waals surface area contributed by atoms with Gasteiger partial charge in [0.05, 0.1) is 18.1 Å². The number of aryl methyl sites for hydroxylation is 1. The largest absolute Gasteiger partial charge is 0.377 e. The van der Waals surface area contributed by atoms with Gasteiger partial charge in [0, 0.05) is 6.61 Å². The molecular formula is C22H28O4S. The van der Waals surface area contributed by atoms with Crippen molar-refractivity contribution in [3.8, 4) is 0 Å². The van der Waals surface area contributed by atoms with Crippen molar-refractivity contribution in [1.29, 1.82) is 0 Å². The molecule has 0 spiro atoms. The summed E-state index contributed by atoms with van der Waals surface area (Å²) in [6, 6.07) is 15.0. The van der Waals surface area contributed by atoms with Gasteiger partial charge in [-0.25, -0.2) is 0 Å². The number of ether oxygens (including phenoxy) is 1. The number of unbranched alkanes of at least 4 members (excludes halogenated alkanes) is 3. The molecule has 27 heavy (non-hydrogen) atoms. The van der Waals surface area contributed by atoms with Crippen LogP contribution in [0.3, 0.4) is 0 Å². The molecule has 0 saturated heterocycles. The molecule has 0 aliphatic carbocycles. The van der Waals surface area contributed by atoms with Crippen molar-refractivity contribution in [2.45, 2.75) is 44.1 Å². The van der Waals surface area contributed by atoms with Gasteiger partial charge in [-0.1, -0.05) is 68.0 Å². The topological polar surface area (TPSA) is 52.6 Å². The number of rotatable bonds is 12. The molecule has 4 nitrogen and oxygen atoms in total. The molecule has 2 aromatic carbocycles. The van der Waals surface area contributed by atoms with Crippen LogP contribution in [0.2, 0.25) is 0 Å². The zero-order valence-electron chi connectivity index (χ0n) is 15.9. The van der Waals surface area contributed by atoms with Gasteiger partial charge in [0.1, 0.15) is 0 Å². The van der Waals surface area contributed by atoms with Crippen molar-refractivity contribution in [2.75, 3.05) is 13.2 Å². The third-order valence-electron chi connectivity index (χ3n) is 4.27. The molecule has 0 bridgehead atoms. The van der Waals surface area contributed by atoms with Gasteiger partial charge >= 0.3 is 0 Å². The highest BCUT2D eigenvalue weighted by molar-refractivity contribution is 7.86. The molecule has 0 atom stereocenters. The van der Waals surface area contributed by atoms with E-state index in [2.05, 4.69) is 6.58 Å². The molecule has 0 aliphatic heterocycles. The molecule has 0 unspecified atom stereocenters. The van der Waals surface area contributed by atoms with Gasteiger partial charge in [0.15, 0.2) is 0 Å². The lowest BCUT2D eigenvalue weighted by Gasteiger charge is -2.08. The first-order chi connectivity index (χ1) is 13.0. The van der Waals surface area contributed by atoms with E-state index in [0.717, 1.165) is 30.4 Å². The fourth-order valence-electron chi connectivity index (χ4n) is 2.67. The fraction of sp³-hybridized carbons (Fsp3) is 0.364. The quantitative estimate of drug-likeness (QED) is 0.374. The Morgan fingerprint density at radius 1 is 0.926 bits per heavy atom. The normalized spacial score (nSPS) is 11.4. The fourth-order valence-corrected chi connectivity index (χ4v) is 3.84. The maximum atomic E-state index is 12.2. The van der Waals surface area contributed by atoms with Crippen molar-refractivity contribution in [2.24, 2.45) is 0 Å². The van der Waals surface area contributed by atoms with Gasteiger partial charge in [-0.15, -0.1) is 0 Å². The summed E-state index contributed by atoms with van der Waals surface area (Å²) in [5.41, 5.74) is 2.95. The molecule has 146 valence electrons. The van der Waals surface area contributed by atoms with Crippen LogP contribution >= 0.6 is 0 Å². The average molecular weight is 389 g/mol. The Bertz CT molecular complexity index is 810. The van der Waals surface area contributed by atoms with E-state index in [1.54, 1.807) is 25.1 Å². The Morgan fingerprint density at radius 2 is 1.59 bits per heavy atom.